The van der Waals surface area contributed by atoms with E-state index in [0.717, 1.165) is 12.8 Å². The molecule has 21 heavy (non-hydrogen) atoms. The fourth-order valence-corrected chi connectivity index (χ4v) is 2.84. The highest BCUT2D eigenvalue weighted by molar-refractivity contribution is 5.94. The van der Waals surface area contributed by atoms with Gasteiger partial charge in [-0.15, -0.1) is 0 Å². The Morgan fingerprint density at radius 1 is 1.33 bits per heavy atom. The van der Waals surface area contributed by atoms with Crippen molar-refractivity contribution in [2.24, 2.45) is 0 Å². The summed E-state index contributed by atoms with van der Waals surface area (Å²) in [5.74, 6) is -0.689. The van der Waals surface area contributed by atoms with Crippen LogP contribution >= 0.6 is 0 Å². The average Bonchev–Trinajstić information content (AvgIpc) is 2.74. The summed E-state index contributed by atoms with van der Waals surface area (Å²) in [7, 11) is 3.51. The number of cyclic esters (lactones) is 1. The lowest BCUT2D eigenvalue weighted by atomic mass is 9.84. The van der Waals surface area contributed by atoms with Crippen molar-refractivity contribution in [3.63, 3.8) is 0 Å². The van der Waals surface area contributed by atoms with Crippen molar-refractivity contribution in [1.29, 1.82) is 0 Å². The predicted octanol–water partition coefficient (Wildman–Crippen LogP) is 2.62. The van der Waals surface area contributed by atoms with Crippen LogP contribution in [0.5, 0.6) is 0 Å². The molecule has 2 rings (SSSR count). The van der Waals surface area contributed by atoms with Crippen LogP contribution in [0.1, 0.15) is 41.6 Å². The number of unbranched alkanes of at least 4 members (excludes halogenated alkanes) is 1. The van der Waals surface area contributed by atoms with Gasteiger partial charge in [-0.25, -0.2) is 9.18 Å². The van der Waals surface area contributed by atoms with E-state index in [9.17, 15) is 9.18 Å². The first-order chi connectivity index (χ1) is 10.1. The summed E-state index contributed by atoms with van der Waals surface area (Å²) < 4.78 is 24.3. The van der Waals surface area contributed by atoms with Crippen LogP contribution in [-0.4, -0.2) is 33.3 Å². The summed E-state index contributed by atoms with van der Waals surface area (Å²) in [6.07, 6.45) is 3.07. The topological polar surface area (TPSA) is 47.6 Å². The van der Waals surface area contributed by atoms with Crippen LogP contribution in [0.25, 0.3) is 0 Å². The molecule has 0 saturated heterocycles. The number of halogens is 1. The lowest BCUT2D eigenvalue weighted by Gasteiger charge is -2.29. The van der Waals surface area contributed by atoms with Gasteiger partial charge in [0, 0.05) is 25.7 Å². The Labute approximate surface area is 124 Å². The van der Waals surface area contributed by atoms with Crippen molar-refractivity contribution in [2.45, 2.75) is 31.3 Å². The minimum atomic E-state index is -0.717. The lowest BCUT2D eigenvalue weighted by molar-refractivity contribution is -0.0191. The highest BCUT2D eigenvalue weighted by Crippen LogP contribution is 2.43. The zero-order chi connectivity index (χ0) is 15.3. The van der Waals surface area contributed by atoms with Crippen molar-refractivity contribution in [3.05, 3.63) is 35.1 Å². The monoisotopic (exact) mass is 295 g/mol. The van der Waals surface area contributed by atoms with Crippen molar-refractivity contribution in [2.75, 3.05) is 27.3 Å². The molecule has 0 spiro atoms. The van der Waals surface area contributed by atoms with Gasteiger partial charge in [0.1, 0.15) is 11.4 Å². The van der Waals surface area contributed by atoms with E-state index in [2.05, 4.69) is 5.32 Å². The van der Waals surface area contributed by atoms with Crippen LogP contribution in [0.3, 0.4) is 0 Å². The van der Waals surface area contributed by atoms with Crippen LogP contribution in [0.2, 0.25) is 0 Å². The Morgan fingerprint density at radius 2 is 2.14 bits per heavy atom. The summed E-state index contributed by atoms with van der Waals surface area (Å²) in [4.78, 5) is 12.1. The number of hydrogen-bond acceptors (Lipinski definition) is 4. The SMILES string of the molecule is CNCCC1(CCCCOC)OC(=O)c2ccc(F)cc21. The second-order valence-electron chi connectivity index (χ2n) is 5.38. The maximum atomic E-state index is 13.6. The summed E-state index contributed by atoms with van der Waals surface area (Å²) in [6.45, 7) is 1.37. The fourth-order valence-electron chi connectivity index (χ4n) is 2.84. The third-order valence-corrected chi connectivity index (χ3v) is 3.94. The molecule has 0 aromatic heterocycles. The Balaban J connectivity index is 2.24. The van der Waals surface area contributed by atoms with Crippen LogP contribution in [-0.2, 0) is 15.1 Å². The Morgan fingerprint density at radius 3 is 2.86 bits per heavy atom. The molecule has 0 aliphatic carbocycles. The van der Waals surface area contributed by atoms with Crippen LogP contribution in [0, 0.1) is 5.82 Å². The third-order valence-electron chi connectivity index (χ3n) is 3.94. The minimum Gasteiger partial charge on any atom is -0.450 e. The number of carbonyl (C=O) groups is 1. The number of ether oxygens (including phenoxy) is 2. The molecule has 0 fully saturated rings. The molecule has 0 saturated carbocycles. The number of hydrogen-bond donors (Lipinski definition) is 1. The van der Waals surface area contributed by atoms with Crippen molar-refractivity contribution in [1.82, 2.24) is 5.32 Å². The maximum Gasteiger partial charge on any atom is 0.339 e. The van der Waals surface area contributed by atoms with Gasteiger partial charge in [-0.3, -0.25) is 0 Å². The minimum absolute atomic E-state index is 0.335. The smallest absolute Gasteiger partial charge is 0.339 e. The zero-order valence-electron chi connectivity index (χ0n) is 12.6. The highest BCUT2D eigenvalue weighted by atomic mass is 19.1. The molecule has 4 nitrogen and oxygen atoms in total. The molecule has 0 bridgehead atoms. The van der Waals surface area contributed by atoms with Gasteiger partial charge in [0.2, 0.25) is 0 Å². The molecular weight excluding hydrogens is 273 g/mol. The van der Waals surface area contributed by atoms with E-state index in [-0.39, 0.29) is 11.8 Å². The zero-order valence-corrected chi connectivity index (χ0v) is 12.6. The summed E-state index contributed by atoms with van der Waals surface area (Å²) in [5, 5.41) is 3.07. The van der Waals surface area contributed by atoms with Gasteiger partial charge in [-0.1, -0.05) is 0 Å². The molecule has 1 aliphatic heterocycles. The van der Waals surface area contributed by atoms with Gasteiger partial charge in [-0.2, -0.15) is 0 Å². The van der Waals surface area contributed by atoms with Gasteiger partial charge in [0.25, 0.3) is 0 Å². The number of esters is 1. The van der Waals surface area contributed by atoms with Gasteiger partial charge in [0.15, 0.2) is 0 Å². The molecular formula is C16H22FNO3. The quantitative estimate of drug-likeness (QED) is 0.591. The summed E-state index contributed by atoms with van der Waals surface area (Å²) >= 11 is 0. The van der Waals surface area contributed by atoms with Crippen molar-refractivity contribution >= 4 is 5.97 Å². The van der Waals surface area contributed by atoms with Gasteiger partial charge in [0.05, 0.1) is 5.56 Å². The van der Waals surface area contributed by atoms with E-state index < -0.39 is 5.60 Å². The molecule has 1 aliphatic rings. The molecule has 1 aromatic carbocycles. The summed E-state index contributed by atoms with van der Waals surface area (Å²) in [5.41, 5.74) is 0.449. The molecule has 0 radical (unpaired) electrons. The number of rotatable bonds is 8. The van der Waals surface area contributed by atoms with Crippen LogP contribution in [0.15, 0.2) is 18.2 Å². The van der Waals surface area contributed by atoms with Gasteiger partial charge >= 0.3 is 5.97 Å². The van der Waals surface area contributed by atoms with E-state index in [1.807, 2.05) is 7.05 Å². The number of nitrogens with one attached hydrogen (secondary N) is 1. The normalized spacial score (nSPS) is 20.4. The highest BCUT2D eigenvalue weighted by Gasteiger charge is 2.44. The Kier molecular flexibility index (Phi) is 5.31. The van der Waals surface area contributed by atoms with Crippen LogP contribution in [0.4, 0.5) is 4.39 Å². The molecule has 1 atom stereocenters. The number of carbonyl (C=O) groups excluding carboxylic acids is 1. The van der Waals surface area contributed by atoms with Gasteiger partial charge < -0.3 is 14.8 Å². The van der Waals surface area contributed by atoms with Crippen molar-refractivity contribution < 1.29 is 18.7 Å². The molecule has 5 heteroatoms. The molecule has 1 unspecified atom stereocenters. The second kappa shape index (κ2) is 7.00. The molecule has 1 N–H and O–H groups in total. The Bertz CT molecular complexity index is 506. The second-order valence-corrected chi connectivity index (χ2v) is 5.38. The lowest BCUT2D eigenvalue weighted by Crippen LogP contribution is -2.30. The number of methoxy groups -OCH3 is 1. The molecule has 1 aromatic rings. The van der Waals surface area contributed by atoms with Crippen molar-refractivity contribution in [3.8, 4) is 0 Å². The predicted molar refractivity (Wildman–Crippen MR) is 77.8 cm³/mol. The Hall–Kier alpha value is -1.46. The van der Waals surface area contributed by atoms with E-state index in [0.29, 0.717) is 37.1 Å². The van der Waals surface area contributed by atoms with Gasteiger partial charge in [-0.05, 0) is 51.1 Å². The largest absolute Gasteiger partial charge is 0.450 e. The third kappa shape index (κ3) is 3.41. The molecule has 0 amide bonds. The first kappa shape index (κ1) is 15.9. The first-order valence-electron chi connectivity index (χ1n) is 7.30. The van der Waals surface area contributed by atoms with Crippen LogP contribution < -0.4 is 5.32 Å². The van der Waals surface area contributed by atoms with E-state index in [4.69, 9.17) is 9.47 Å². The maximum absolute atomic E-state index is 13.6. The molecule has 1 heterocycles. The van der Waals surface area contributed by atoms with E-state index in [1.165, 1.54) is 18.2 Å². The van der Waals surface area contributed by atoms with E-state index in [1.54, 1.807) is 7.11 Å². The summed E-state index contributed by atoms with van der Waals surface area (Å²) in [6, 6.07) is 4.26. The number of benzene rings is 1. The average molecular weight is 295 g/mol. The standard InChI is InChI=1S/C16H22FNO3/c1-18-9-8-16(7-3-4-10-20-2)14-11-12(17)5-6-13(14)15(19)21-16/h5-6,11,18H,3-4,7-10H2,1-2H3. The van der Waals surface area contributed by atoms with E-state index >= 15 is 0 Å². The molecule has 116 valence electrons. The number of fused-ring (bicyclic) bond motifs is 1. The fraction of sp³-hybridized carbons (Fsp3) is 0.562. The first-order valence-corrected chi connectivity index (χ1v) is 7.30.